The van der Waals surface area contributed by atoms with Gasteiger partial charge >= 0.3 is 0 Å². The van der Waals surface area contributed by atoms with Gasteiger partial charge in [-0.1, -0.05) is 59.3 Å². The molecule has 0 radical (unpaired) electrons. The van der Waals surface area contributed by atoms with Crippen molar-refractivity contribution in [3.05, 3.63) is 64.7 Å². The van der Waals surface area contributed by atoms with E-state index in [2.05, 4.69) is 4.99 Å². The molecule has 1 amide bonds. The number of aliphatic imine (C=N–C) groups is 1. The van der Waals surface area contributed by atoms with E-state index in [9.17, 15) is 13.2 Å². The predicted molar refractivity (Wildman–Crippen MR) is 115 cm³/mol. The zero-order chi connectivity index (χ0) is 19.9. The summed E-state index contributed by atoms with van der Waals surface area (Å²) in [5.74, 6) is -0.0892. The molecule has 2 heterocycles. The zero-order valence-electron chi connectivity index (χ0n) is 15.2. The van der Waals surface area contributed by atoms with Crippen molar-refractivity contribution in [3.63, 3.8) is 0 Å². The number of thioether (sulfide) groups is 1. The molecule has 0 unspecified atom stereocenters. The van der Waals surface area contributed by atoms with Gasteiger partial charge in [0, 0.05) is 16.0 Å². The van der Waals surface area contributed by atoms with Crippen LogP contribution < -0.4 is 4.90 Å². The number of fused-ring (bicyclic) bond motifs is 1. The summed E-state index contributed by atoms with van der Waals surface area (Å²) in [4.78, 5) is 18.8. The van der Waals surface area contributed by atoms with Crippen LogP contribution in [-0.4, -0.2) is 42.3 Å². The Morgan fingerprint density at radius 1 is 1.21 bits per heavy atom. The van der Waals surface area contributed by atoms with Crippen molar-refractivity contribution in [3.8, 4) is 0 Å². The van der Waals surface area contributed by atoms with Crippen LogP contribution in [0.2, 0.25) is 5.02 Å². The van der Waals surface area contributed by atoms with Crippen molar-refractivity contribution in [1.29, 1.82) is 0 Å². The molecule has 2 fully saturated rings. The highest BCUT2D eigenvalue weighted by Gasteiger charge is 2.49. The summed E-state index contributed by atoms with van der Waals surface area (Å²) in [5, 5.41) is 0.969. The Morgan fingerprint density at radius 2 is 1.96 bits per heavy atom. The highest BCUT2D eigenvalue weighted by molar-refractivity contribution is 8.16. The lowest BCUT2D eigenvalue weighted by Crippen LogP contribution is -2.37. The van der Waals surface area contributed by atoms with Gasteiger partial charge in [0.1, 0.15) is 0 Å². The largest absolute Gasteiger partial charge is 0.316 e. The van der Waals surface area contributed by atoms with Crippen LogP contribution in [0, 0.1) is 6.92 Å². The van der Waals surface area contributed by atoms with Crippen LogP contribution in [0.5, 0.6) is 0 Å². The van der Waals surface area contributed by atoms with Crippen LogP contribution in [0.1, 0.15) is 11.1 Å². The Labute approximate surface area is 173 Å². The van der Waals surface area contributed by atoms with E-state index in [1.54, 1.807) is 12.1 Å². The number of carbonyl (C=O) groups is 1. The van der Waals surface area contributed by atoms with Crippen LogP contribution in [0.25, 0.3) is 0 Å². The van der Waals surface area contributed by atoms with Crippen LogP contribution in [0.3, 0.4) is 0 Å². The van der Waals surface area contributed by atoms with Crippen molar-refractivity contribution in [2.24, 2.45) is 4.99 Å². The Bertz CT molecular complexity index is 1050. The fourth-order valence-electron chi connectivity index (χ4n) is 3.52. The second-order valence-electron chi connectivity index (χ2n) is 7.10. The van der Waals surface area contributed by atoms with Crippen LogP contribution >= 0.6 is 23.4 Å². The van der Waals surface area contributed by atoms with Gasteiger partial charge in [0.05, 0.1) is 24.0 Å². The average Bonchev–Trinajstić information content (AvgIpc) is 3.07. The number of amides is 1. The molecule has 2 aromatic carbocycles. The average molecular weight is 435 g/mol. The summed E-state index contributed by atoms with van der Waals surface area (Å²) in [5.41, 5.74) is 2.79. The highest BCUT2D eigenvalue weighted by atomic mass is 35.5. The molecule has 4 rings (SSSR count). The molecule has 2 aliphatic heterocycles. The summed E-state index contributed by atoms with van der Waals surface area (Å²) >= 11 is 7.50. The molecule has 5 nitrogen and oxygen atoms in total. The quantitative estimate of drug-likeness (QED) is 0.739. The van der Waals surface area contributed by atoms with E-state index < -0.39 is 9.84 Å². The molecule has 146 valence electrons. The SMILES string of the molecule is Cc1ccc(CC(=O)N=C2S[C@@H]3CS(=O)(=O)C[C@H]3N2c2cccc(Cl)c2)cc1. The molecule has 2 atom stereocenters. The van der Waals surface area contributed by atoms with Crippen molar-refractivity contribution >= 4 is 50.0 Å². The number of sulfone groups is 1. The third-order valence-electron chi connectivity index (χ3n) is 4.85. The Kier molecular flexibility index (Phi) is 5.24. The number of halogens is 1. The van der Waals surface area contributed by atoms with E-state index in [1.165, 1.54) is 11.8 Å². The first-order valence-corrected chi connectivity index (χ1v) is 12.0. The van der Waals surface area contributed by atoms with Gasteiger partial charge in [-0.05, 0) is 30.7 Å². The molecule has 0 aliphatic carbocycles. The summed E-state index contributed by atoms with van der Waals surface area (Å²) in [6.45, 7) is 2.00. The Morgan fingerprint density at radius 3 is 2.68 bits per heavy atom. The minimum atomic E-state index is -3.10. The van der Waals surface area contributed by atoms with Gasteiger partial charge in [-0.25, -0.2) is 8.42 Å². The van der Waals surface area contributed by atoms with Gasteiger partial charge < -0.3 is 4.90 Å². The number of nitrogens with zero attached hydrogens (tertiary/aromatic N) is 2. The normalized spacial score (nSPS) is 24.5. The number of rotatable bonds is 3. The fraction of sp³-hybridized carbons (Fsp3) is 0.300. The van der Waals surface area contributed by atoms with Crippen LogP contribution in [0.15, 0.2) is 53.5 Å². The lowest BCUT2D eigenvalue weighted by atomic mass is 10.1. The first kappa shape index (κ1) is 19.5. The molecular formula is C20H19ClN2O3S2. The maximum absolute atomic E-state index is 12.6. The second-order valence-corrected chi connectivity index (χ2v) is 10.9. The van der Waals surface area contributed by atoms with Crippen molar-refractivity contribution in [1.82, 2.24) is 0 Å². The number of benzene rings is 2. The van der Waals surface area contributed by atoms with Gasteiger partial charge in [-0.3, -0.25) is 4.79 Å². The number of carbonyl (C=O) groups excluding carboxylic acids is 1. The predicted octanol–water partition coefficient (Wildman–Crippen LogP) is 3.49. The summed E-state index contributed by atoms with van der Waals surface area (Å²) in [7, 11) is -3.10. The molecule has 0 saturated carbocycles. The Balaban J connectivity index is 1.63. The molecule has 28 heavy (non-hydrogen) atoms. The van der Waals surface area contributed by atoms with Gasteiger partial charge in [0.15, 0.2) is 15.0 Å². The van der Waals surface area contributed by atoms with Crippen molar-refractivity contribution in [2.75, 3.05) is 16.4 Å². The molecule has 2 saturated heterocycles. The van der Waals surface area contributed by atoms with Crippen molar-refractivity contribution < 1.29 is 13.2 Å². The van der Waals surface area contributed by atoms with Crippen LogP contribution in [-0.2, 0) is 21.1 Å². The third kappa shape index (κ3) is 4.11. The molecular weight excluding hydrogens is 416 g/mol. The molecule has 2 aromatic rings. The van der Waals surface area contributed by atoms with Crippen LogP contribution in [0.4, 0.5) is 5.69 Å². The second kappa shape index (κ2) is 7.54. The maximum atomic E-state index is 12.6. The zero-order valence-corrected chi connectivity index (χ0v) is 17.6. The highest BCUT2D eigenvalue weighted by Crippen LogP contribution is 2.41. The fourth-order valence-corrected chi connectivity index (χ4v) is 7.63. The minimum Gasteiger partial charge on any atom is -0.316 e. The van der Waals surface area contributed by atoms with Gasteiger partial charge in [0.2, 0.25) is 0 Å². The lowest BCUT2D eigenvalue weighted by Gasteiger charge is -2.24. The van der Waals surface area contributed by atoms with E-state index >= 15 is 0 Å². The first-order valence-electron chi connectivity index (χ1n) is 8.90. The van der Waals surface area contributed by atoms with E-state index in [4.69, 9.17) is 11.6 Å². The lowest BCUT2D eigenvalue weighted by molar-refractivity contribution is -0.117. The molecule has 0 N–H and O–H groups in total. The van der Waals surface area contributed by atoms with E-state index in [0.29, 0.717) is 10.2 Å². The number of hydrogen-bond acceptors (Lipinski definition) is 4. The van der Waals surface area contributed by atoms with Crippen molar-refractivity contribution in [2.45, 2.75) is 24.6 Å². The van der Waals surface area contributed by atoms with Gasteiger partial charge in [-0.15, -0.1) is 0 Å². The smallest absolute Gasteiger partial charge is 0.252 e. The Hall–Kier alpha value is -1.83. The minimum absolute atomic E-state index is 0.0579. The van der Waals surface area contributed by atoms with Gasteiger partial charge in [-0.2, -0.15) is 4.99 Å². The number of aryl methyl sites for hydroxylation is 1. The number of anilines is 1. The summed E-state index contributed by atoms with van der Waals surface area (Å²) in [6.07, 6.45) is 0.210. The van der Waals surface area contributed by atoms with Gasteiger partial charge in [0.25, 0.3) is 5.91 Å². The topological polar surface area (TPSA) is 66.8 Å². The molecule has 2 aliphatic rings. The summed E-state index contributed by atoms with van der Waals surface area (Å²) < 4.78 is 24.2. The number of amidine groups is 1. The monoisotopic (exact) mass is 434 g/mol. The first-order chi connectivity index (χ1) is 13.3. The van der Waals surface area contributed by atoms with E-state index in [0.717, 1.165) is 16.8 Å². The molecule has 0 aromatic heterocycles. The number of hydrogen-bond donors (Lipinski definition) is 0. The van der Waals surface area contributed by atoms with E-state index in [-0.39, 0.29) is 35.1 Å². The standard InChI is InChI=1S/C20H19ClN2O3S2/c1-13-5-7-14(8-6-13)9-19(24)22-20-23(16-4-2-3-15(21)10-16)17-11-28(25,26)12-18(17)27-20/h2-8,10,17-18H,9,11-12H2,1H3/t17-,18-/m1/s1. The van der Waals surface area contributed by atoms with E-state index in [1.807, 2.05) is 48.2 Å². The molecule has 0 bridgehead atoms. The molecule has 8 heteroatoms. The third-order valence-corrected chi connectivity index (χ3v) is 8.29. The maximum Gasteiger partial charge on any atom is 0.252 e. The summed E-state index contributed by atoms with van der Waals surface area (Å²) in [6, 6.07) is 14.7. The molecule has 0 spiro atoms.